The molecule has 2 aliphatic heterocycles. The number of aryl methyl sites for hydroxylation is 1. The maximum absolute atomic E-state index is 13.2. The maximum atomic E-state index is 13.2. The molecule has 0 radical (unpaired) electrons. The summed E-state index contributed by atoms with van der Waals surface area (Å²) in [6.45, 7) is 7.25. The van der Waals surface area contributed by atoms with Crippen molar-refractivity contribution in [2.75, 3.05) is 18.4 Å². The molecule has 2 aliphatic rings. The number of nitrogens with zero attached hydrogens (tertiary/aromatic N) is 1. The summed E-state index contributed by atoms with van der Waals surface area (Å²) in [6, 6.07) is 12.3. The van der Waals surface area contributed by atoms with Gasteiger partial charge in [-0.2, -0.15) is 0 Å². The molecule has 196 valence electrons. The van der Waals surface area contributed by atoms with Gasteiger partial charge in [0, 0.05) is 46.3 Å². The van der Waals surface area contributed by atoms with Crippen molar-refractivity contribution in [2.24, 2.45) is 0 Å². The first-order chi connectivity index (χ1) is 18.2. The molecule has 0 bridgehead atoms. The van der Waals surface area contributed by atoms with E-state index >= 15 is 0 Å². The fourth-order valence-corrected chi connectivity index (χ4v) is 5.35. The van der Waals surface area contributed by atoms with Crippen molar-refractivity contribution >= 4 is 46.7 Å². The smallest absolute Gasteiger partial charge is 0.256 e. The molecule has 3 N–H and O–H groups in total. The summed E-state index contributed by atoms with van der Waals surface area (Å²) in [5, 5.41) is 6.52. The zero-order valence-electron chi connectivity index (χ0n) is 21.8. The Morgan fingerprint density at radius 3 is 2.47 bits per heavy atom. The molecule has 1 saturated heterocycles. The Hall–Kier alpha value is -3.84. The lowest BCUT2D eigenvalue weighted by atomic mass is 10.0. The van der Waals surface area contributed by atoms with Gasteiger partial charge in [0.2, 0.25) is 0 Å². The summed E-state index contributed by atoms with van der Waals surface area (Å²) in [5.74, 6) is -0.455. The molecule has 0 saturated carbocycles. The van der Waals surface area contributed by atoms with Crippen LogP contribution in [0, 0.1) is 13.8 Å². The summed E-state index contributed by atoms with van der Waals surface area (Å²) in [4.78, 5) is 44.4. The fraction of sp³-hybridized carbons (Fsp3) is 0.300. The van der Waals surface area contributed by atoms with Gasteiger partial charge in [-0.3, -0.25) is 14.4 Å². The second kappa shape index (κ2) is 10.5. The van der Waals surface area contributed by atoms with Gasteiger partial charge < -0.3 is 20.5 Å². The van der Waals surface area contributed by atoms with E-state index in [4.69, 9.17) is 11.6 Å². The van der Waals surface area contributed by atoms with E-state index in [1.807, 2.05) is 37.8 Å². The van der Waals surface area contributed by atoms with Crippen molar-refractivity contribution in [2.45, 2.75) is 46.1 Å². The van der Waals surface area contributed by atoms with Crippen LogP contribution in [0.2, 0.25) is 5.02 Å². The Balaban J connectivity index is 1.41. The van der Waals surface area contributed by atoms with Crippen LogP contribution in [0.3, 0.4) is 0 Å². The van der Waals surface area contributed by atoms with Gasteiger partial charge in [0.25, 0.3) is 17.7 Å². The molecule has 0 spiro atoms. The summed E-state index contributed by atoms with van der Waals surface area (Å²) < 4.78 is 0. The van der Waals surface area contributed by atoms with Crippen molar-refractivity contribution in [1.29, 1.82) is 0 Å². The second-order valence-corrected chi connectivity index (χ2v) is 10.5. The molecular formula is C30H31ClN4O3. The first-order valence-electron chi connectivity index (χ1n) is 12.9. The van der Waals surface area contributed by atoms with Crippen LogP contribution in [-0.4, -0.2) is 40.7 Å². The van der Waals surface area contributed by atoms with Crippen LogP contribution in [0.5, 0.6) is 0 Å². The van der Waals surface area contributed by atoms with E-state index in [0.717, 1.165) is 49.2 Å². The van der Waals surface area contributed by atoms with Crippen LogP contribution < -0.4 is 10.6 Å². The molecule has 0 aliphatic carbocycles. The van der Waals surface area contributed by atoms with Crippen molar-refractivity contribution < 1.29 is 14.4 Å². The van der Waals surface area contributed by atoms with Crippen LogP contribution >= 0.6 is 11.6 Å². The number of benzene rings is 2. The number of aromatic amines is 1. The number of rotatable bonds is 5. The van der Waals surface area contributed by atoms with E-state index in [0.29, 0.717) is 38.7 Å². The minimum Gasteiger partial charge on any atom is -0.358 e. The van der Waals surface area contributed by atoms with Crippen LogP contribution in [0.15, 0.2) is 42.5 Å². The maximum Gasteiger partial charge on any atom is 0.256 e. The van der Waals surface area contributed by atoms with Gasteiger partial charge in [-0.15, -0.1) is 0 Å². The normalized spacial score (nSPS) is 16.8. The largest absolute Gasteiger partial charge is 0.358 e. The van der Waals surface area contributed by atoms with Crippen molar-refractivity contribution in [3.8, 4) is 0 Å². The molecule has 1 atom stereocenters. The number of carbonyl (C=O) groups is 3. The van der Waals surface area contributed by atoms with Gasteiger partial charge in [0.1, 0.15) is 0 Å². The zero-order chi connectivity index (χ0) is 27.0. The van der Waals surface area contributed by atoms with E-state index in [1.54, 1.807) is 36.4 Å². The first-order valence-corrected chi connectivity index (χ1v) is 13.3. The third kappa shape index (κ3) is 4.98. The number of halogens is 1. The van der Waals surface area contributed by atoms with Gasteiger partial charge in [0.05, 0.1) is 17.2 Å². The number of hydrogen-bond acceptors (Lipinski definition) is 3. The van der Waals surface area contributed by atoms with Gasteiger partial charge in [-0.1, -0.05) is 23.7 Å². The third-order valence-corrected chi connectivity index (χ3v) is 7.66. The van der Waals surface area contributed by atoms with Gasteiger partial charge in [0.15, 0.2) is 0 Å². The monoisotopic (exact) mass is 530 g/mol. The van der Waals surface area contributed by atoms with E-state index in [2.05, 4.69) is 15.6 Å². The van der Waals surface area contributed by atoms with Crippen molar-refractivity contribution in [3.63, 3.8) is 0 Å². The highest BCUT2D eigenvalue weighted by molar-refractivity contribution is 6.35. The summed E-state index contributed by atoms with van der Waals surface area (Å²) in [6.07, 6.45) is 4.97. The SMILES string of the molecule is Cc1[nH]c(C=C2C(=O)Nc3ccc(C(=O)N[C@H](C)c4ccc(Cl)cc4)cc32)c(C)c1C(=O)N1CCCCC1. The number of carbonyl (C=O) groups excluding carboxylic acids is 3. The highest BCUT2D eigenvalue weighted by Crippen LogP contribution is 2.35. The standard InChI is InChI=1S/C30H31ClN4O3/c1-17-26(32-19(3)27(17)30(38)35-13-5-4-6-14-35)16-24-23-15-21(9-12-25(23)34-29(24)37)28(36)33-18(2)20-7-10-22(31)11-8-20/h7-12,15-16,18,32H,4-6,13-14H2,1-3H3,(H,33,36)(H,34,37)/t18-/m1/s1. The molecule has 3 amide bonds. The van der Waals surface area contributed by atoms with Crippen LogP contribution in [-0.2, 0) is 4.79 Å². The number of fused-ring (bicyclic) bond motifs is 1. The molecular weight excluding hydrogens is 500 g/mol. The number of nitrogens with one attached hydrogen (secondary N) is 3. The Kier molecular flexibility index (Phi) is 7.13. The predicted molar refractivity (Wildman–Crippen MR) is 150 cm³/mol. The molecule has 3 heterocycles. The summed E-state index contributed by atoms with van der Waals surface area (Å²) in [5.41, 5.74) is 6.12. The Morgan fingerprint density at radius 1 is 1.05 bits per heavy atom. The topological polar surface area (TPSA) is 94.3 Å². The van der Waals surface area contributed by atoms with Crippen LogP contribution in [0.25, 0.3) is 11.6 Å². The summed E-state index contributed by atoms with van der Waals surface area (Å²) in [7, 11) is 0. The summed E-state index contributed by atoms with van der Waals surface area (Å²) >= 11 is 5.98. The number of H-pyrrole nitrogens is 1. The fourth-order valence-electron chi connectivity index (χ4n) is 5.23. The number of amides is 3. The average molecular weight is 531 g/mol. The lowest BCUT2D eigenvalue weighted by molar-refractivity contribution is -0.110. The molecule has 3 aromatic rings. The molecule has 8 heteroatoms. The van der Waals surface area contributed by atoms with E-state index in [1.165, 1.54) is 0 Å². The van der Waals surface area contributed by atoms with Gasteiger partial charge in [-0.05, 0) is 87.6 Å². The number of aromatic nitrogens is 1. The molecule has 1 aromatic heterocycles. The number of likely N-dealkylation sites (tertiary alicyclic amines) is 1. The van der Waals surface area contributed by atoms with Crippen LogP contribution in [0.1, 0.15) is 81.0 Å². The molecule has 38 heavy (non-hydrogen) atoms. The Labute approximate surface area is 227 Å². The molecule has 7 nitrogen and oxygen atoms in total. The zero-order valence-corrected chi connectivity index (χ0v) is 22.5. The third-order valence-electron chi connectivity index (χ3n) is 7.40. The van der Waals surface area contributed by atoms with Crippen LogP contribution in [0.4, 0.5) is 5.69 Å². The molecule has 1 fully saturated rings. The molecule has 2 aromatic carbocycles. The lowest BCUT2D eigenvalue weighted by Gasteiger charge is -2.27. The first kappa shape index (κ1) is 25.8. The quantitative estimate of drug-likeness (QED) is 0.359. The van der Waals surface area contributed by atoms with E-state index in [9.17, 15) is 14.4 Å². The van der Waals surface area contributed by atoms with Crippen molar-refractivity contribution in [3.05, 3.63) is 86.7 Å². The molecule has 5 rings (SSSR count). The highest BCUT2D eigenvalue weighted by atomic mass is 35.5. The minimum absolute atomic E-state index is 0.0330. The minimum atomic E-state index is -0.248. The predicted octanol–water partition coefficient (Wildman–Crippen LogP) is 5.89. The van der Waals surface area contributed by atoms with E-state index < -0.39 is 0 Å². The van der Waals surface area contributed by atoms with E-state index in [-0.39, 0.29) is 23.8 Å². The Bertz CT molecular complexity index is 1450. The van der Waals surface area contributed by atoms with Crippen molar-refractivity contribution in [1.82, 2.24) is 15.2 Å². The van der Waals surface area contributed by atoms with Gasteiger partial charge in [-0.25, -0.2) is 0 Å². The number of piperidine rings is 1. The second-order valence-electron chi connectivity index (χ2n) is 10.0. The Morgan fingerprint density at radius 2 is 1.76 bits per heavy atom. The highest BCUT2D eigenvalue weighted by Gasteiger charge is 2.28. The lowest BCUT2D eigenvalue weighted by Crippen LogP contribution is -2.36. The average Bonchev–Trinajstić information content (AvgIpc) is 3.38. The number of anilines is 1. The number of hydrogen-bond donors (Lipinski definition) is 3. The van der Waals surface area contributed by atoms with Gasteiger partial charge >= 0.3 is 0 Å². The molecule has 0 unspecified atom stereocenters.